The highest BCUT2D eigenvalue weighted by atomic mass is 35.5. The lowest BCUT2D eigenvalue weighted by atomic mass is 10.2. The first-order valence-electron chi connectivity index (χ1n) is 8.68. The molecule has 146 valence electrons. The van der Waals surface area contributed by atoms with Crippen LogP contribution in [-0.4, -0.2) is 25.4 Å². The number of nitrogens with zero attached hydrogens (tertiary/aromatic N) is 5. The number of anilines is 2. The van der Waals surface area contributed by atoms with Crippen LogP contribution >= 0.6 is 11.6 Å². The first kappa shape index (κ1) is 18.9. The lowest BCUT2D eigenvalue weighted by Gasteiger charge is -2.23. The highest BCUT2D eigenvalue weighted by Crippen LogP contribution is 2.27. The third kappa shape index (κ3) is 3.93. The Morgan fingerprint density at radius 2 is 1.52 bits per heavy atom. The Bertz CT molecular complexity index is 1120. The zero-order chi connectivity index (χ0) is 20.4. The van der Waals surface area contributed by atoms with Gasteiger partial charge in [0.1, 0.15) is 23.5 Å². The van der Waals surface area contributed by atoms with E-state index >= 15 is 0 Å². The number of imidazole rings is 1. The fraction of sp³-hybridized carbons (Fsp3) is 0.100. The van der Waals surface area contributed by atoms with Crippen molar-refractivity contribution in [1.29, 1.82) is 0 Å². The highest BCUT2D eigenvalue weighted by Gasteiger charge is 2.19. The van der Waals surface area contributed by atoms with E-state index in [-0.39, 0.29) is 17.5 Å². The van der Waals surface area contributed by atoms with Gasteiger partial charge in [-0.15, -0.1) is 0 Å². The van der Waals surface area contributed by atoms with Gasteiger partial charge in [0, 0.05) is 24.3 Å². The zero-order valence-corrected chi connectivity index (χ0v) is 15.7. The quantitative estimate of drug-likeness (QED) is 0.451. The van der Waals surface area contributed by atoms with E-state index in [2.05, 4.69) is 15.0 Å². The van der Waals surface area contributed by atoms with Crippen molar-refractivity contribution in [3.63, 3.8) is 0 Å². The van der Waals surface area contributed by atoms with Crippen molar-refractivity contribution in [3.05, 3.63) is 78.0 Å². The molecule has 0 fully saturated rings. The minimum Gasteiger partial charge on any atom is -0.315 e. The van der Waals surface area contributed by atoms with E-state index in [1.165, 1.54) is 59.8 Å². The van der Waals surface area contributed by atoms with E-state index < -0.39 is 11.6 Å². The van der Waals surface area contributed by atoms with Crippen LogP contribution in [0.25, 0.3) is 11.2 Å². The highest BCUT2D eigenvalue weighted by molar-refractivity contribution is 6.33. The molecule has 2 heterocycles. The second-order valence-corrected chi connectivity index (χ2v) is 6.56. The summed E-state index contributed by atoms with van der Waals surface area (Å²) in [6.07, 6.45) is 2.97. The summed E-state index contributed by atoms with van der Waals surface area (Å²) in [5.41, 5.74) is 1.93. The van der Waals surface area contributed by atoms with Crippen molar-refractivity contribution in [1.82, 2.24) is 19.5 Å². The van der Waals surface area contributed by atoms with Crippen molar-refractivity contribution >= 4 is 40.0 Å². The number of amides is 1. The fourth-order valence-corrected chi connectivity index (χ4v) is 3.14. The Labute approximate surface area is 169 Å². The first-order valence-corrected chi connectivity index (χ1v) is 9.06. The SMILES string of the molecule is O=C(CCn1cnc2c(Cl)ncnc21)N(c1ccc(F)cc1)c1ccc(F)cc1. The van der Waals surface area contributed by atoms with Crippen molar-refractivity contribution in [3.8, 4) is 0 Å². The van der Waals surface area contributed by atoms with Gasteiger partial charge in [-0.05, 0) is 48.5 Å². The molecule has 2 aromatic carbocycles. The number of hydrogen-bond donors (Lipinski definition) is 0. The van der Waals surface area contributed by atoms with Crippen LogP contribution in [0.3, 0.4) is 0 Å². The number of carbonyl (C=O) groups is 1. The normalized spacial score (nSPS) is 11.0. The summed E-state index contributed by atoms with van der Waals surface area (Å²) < 4.78 is 28.4. The van der Waals surface area contributed by atoms with E-state index in [9.17, 15) is 13.6 Å². The summed E-state index contributed by atoms with van der Waals surface area (Å²) in [4.78, 5) is 26.7. The molecule has 4 aromatic rings. The molecule has 0 saturated carbocycles. The van der Waals surface area contributed by atoms with Crippen LogP contribution in [0.4, 0.5) is 20.2 Å². The summed E-state index contributed by atoms with van der Waals surface area (Å²) in [5.74, 6) is -1.09. The molecule has 0 saturated heterocycles. The maximum atomic E-state index is 13.3. The third-order valence-corrected chi connectivity index (χ3v) is 4.62. The Morgan fingerprint density at radius 1 is 0.931 bits per heavy atom. The molecule has 1 amide bonds. The van der Waals surface area contributed by atoms with Crippen molar-refractivity contribution in [2.45, 2.75) is 13.0 Å². The minimum absolute atomic E-state index is 0.0990. The van der Waals surface area contributed by atoms with Gasteiger partial charge in [0.15, 0.2) is 10.8 Å². The van der Waals surface area contributed by atoms with Gasteiger partial charge in [-0.1, -0.05) is 11.6 Å². The van der Waals surface area contributed by atoms with Crippen molar-refractivity contribution in [2.75, 3.05) is 4.90 Å². The molecule has 0 aliphatic heterocycles. The molecule has 0 spiro atoms. The summed E-state index contributed by atoms with van der Waals surface area (Å²) in [5, 5.41) is 0.235. The molecule has 9 heteroatoms. The number of carbonyl (C=O) groups excluding carboxylic acids is 1. The zero-order valence-electron chi connectivity index (χ0n) is 15.0. The Balaban J connectivity index is 1.61. The number of hydrogen-bond acceptors (Lipinski definition) is 4. The molecule has 0 aliphatic carbocycles. The Kier molecular flexibility index (Phi) is 5.18. The van der Waals surface area contributed by atoms with Crippen LogP contribution in [0.15, 0.2) is 61.2 Å². The molecule has 0 N–H and O–H groups in total. The monoisotopic (exact) mass is 413 g/mol. The molecule has 0 atom stereocenters. The lowest BCUT2D eigenvalue weighted by Crippen LogP contribution is -2.26. The van der Waals surface area contributed by atoms with Crippen LogP contribution in [0.5, 0.6) is 0 Å². The minimum atomic E-state index is -0.415. The number of benzene rings is 2. The second-order valence-electron chi connectivity index (χ2n) is 6.21. The summed E-state index contributed by atoms with van der Waals surface area (Å²) in [7, 11) is 0. The van der Waals surface area contributed by atoms with E-state index in [0.717, 1.165) is 0 Å². The number of rotatable bonds is 5. The lowest BCUT2D eigenvalue weighted by molar-refractivity contribution is -0.118. The predicted octanol–water partition coefficient (Wildman–Crippen LogP) is 4.51. The van der Waals surface area contributed by atoms with Crippen molar-refractivity contribution in [2.24, 2.45) is 0 Å². The Morgan fingerprint density at radius 3 is 2.10 bits per heavy atom. The number of fused-ring (bicyclic) bond motifs is 1. The second kappa shape index (κ2) is 7.92. The average molecular weight is 414 g/mol. The van der Waals surface area contributed by atoms with Crippen LogP contribution < -0.4 is 4.90 Å². The maximum Gasteiger partial charge on any atom is 0.233 e. The van der Waals surface area contributed by atoms with Crippen LogP contribution in [-0.2, 0) is 11.3 Å². The largest absolute Gasteiger partial charge is 0.315 e. The van der Waals surface area contributed by atoms with Crippen LogP contribution in [0.1, 0.15) is 6.42 Å². The summed E-state index contributed by atoms with van der Waals surface area (Å²) in [6, 6.07) is 11.0. The van der Waals surface area contributed by atoms with Gasteiger partial charge in [-0.3, -0.25) is 9.69 Å². The number of aryl methyl sites for hydroxylation is 1. The van der Waals surface area contributed by atoms with Gasteiger partial charge >= 0.3 is 0 Å². The molecular formula is C20H14ClF2N5O. The van der Waals surface area contributed by atoms with Crippen LogP contribution in [0, 0.1) is 11.6 Å². The molecule has 0 radical (unpaired) electrons. The van der Waals surface area contributed by atoms with Gasteiger partial charge < -0.3 is 4.57 Å². The van der Waals surface area contributed by atoms with E-state index in [1.807, 2.05) is 0 Å². The molecule has 0 aliphatic rings. The summed E-state index contributed by atoms with van der Waals surface area (Å²) in [6.45, 7) is 0.293. The molecule has 29 heavy (non-hydrogen) atoms. The van der Waals surface area contributed by atoms with Gasteiger partial charge in [0.2, 0.25) is 5.91 Å². The number of aromatic nitrogens is 4. The van der Waals surface area contributed by atoms with Crippen LogP contribution in [0.2, 0.25) is 5.15 Å². The molecule has 6 nitrogen and oxygen atoms in total. The number of halogens is 3. The van der Waals surface area contributed by atoms with Gasteiger partial charge in [-0.2, -0.15) is 0 Å². The third-order valence-electron chi connectivity index (χ3n) is 4.34. The maximum absolute atomic E-state index is 13.3. The average Bonchev–Trinajstić information content (AvgIpc) is 3.14. The first-order chi connectivity index (χ1) is 14.0. The van der Waals surface area contributed by atoms with E-state index in [4.69, 9.17) is 11.6 Å². The predicted molar refractivity (Wildman–Crippen MR) is 105 cm³/mol. The van der Waals surface area contributed by atoms with E-state index in [0.29, 0.717) is 29.1 Å². The molecular weight excluding hydrogens is 400 g/mol. The van der Waals surface area contributed by atoms with Gasteiger partial charge in [-0.25, -0.2) is 23.7 Å². The van der Waals surface area contributed by atoms with Gasteiger partial charge in [0.25, 0.3) is 0 Å². The Hall–Kier alpha value is -3.39. The van der Waals surface area contributed by atoms with E-state index in [1.54, 1.807) is 10.9 Å². The van der Waals surface area contributed by atoms with Gasteiger partial charge in [0.05, 0.1) is 6.33 Å². The standard InChI is InChI=1S/C20H14ClF2N5O/c21-19-18-20(25-11-24-19)27(12-26-18)10-9-17(29)28(15-5-1-13(22)2-6-15)16-7-3-14(23)4-8-16/h1-8,11-12H,9-10H2. The summed E-state index contributed by atoms with van der Waals surface area (Å²) >= 11 is 6.01. The molecule has 0 bridgehead atoms. The van der Waals surface area contributed by atoms with Crippen molar-refractivity contribution < 1.29 is 13.6 Å². The molecule has 2 aromatic heterocycles. The fourth-order valence-electron chi connectivity index (χ4n) is 2.96. The smallest absolute Gasteiger partial charge is 0.233 e. The molecule has 4 rings (SSSR count). The molecule has 0 unspecified atom stereocenters. The topological polar surface area (TPSA) is 63.9 Å².